The van der Waals surface area contributed by atoms with Crippen LogP contribution in [0.4, 0.5) is 26.3 Å². The number of halogens is 6. The zero-order chi connectivity index (χ0) is 27.7. The predicted molar refractivity (Wildman–Crippen MR) is 121 cm³/mol. The molecule has 2 aromatic rings. The molecular formula is C24H24F6N6O2. The van der Waals surface area contributed by atoms with Crippen molar-refractivity contribution in [3.8, 4) is 0 Å². The van der Waals surface area contributed by atoms with E-state index >= 15 is 0 Å². The molecular weight excluding hydrogens is 518 g/mol. The molecule has 0 fully saturated rings. The van der Waals surface area contributed by atoms with E-state index in [0.29, 0.717) is 12.1 Å². The number of nitrogens with two attached hydrogens (primary N) is 1. The van der Waals surface area contributed by atoms with E-state index in [9.17, 15) is 35.9 Å². The average Bonchev–Trinajstić information content (AvgIpc) is 3.30. The number of aromatic nitrogens is 3. The van der Waals surface area contributed by atoms with Gasteiger partial charge in [0, 0.05) is 38.2 Å². The number of benzene rings is 1. The Hall–Kier alpha value is -3.68. The van der Waals surface area contributed by atoms with E-state index in [2.05, 4.69) is 15.5 Å². The number of fused-ring (bicyclic) bond motifs is 1. The standard InChI is InChI=1S/C24H24F6N6O2/c25-16-11-18(27)17(26)9-14(16)8-15(32-13-23(21(31)38)4-2-1-3-5-23)10-20(37)35-6-7-36-19(12-35)33-34-22(36)24(28,29)30/h1-4,9,11,15,32H,5-8,10,12-13H2,(H2,31,38)/t15-,23+/m1/s1. The molecule has 3 N–H and O–H groups in total. The van der Waals surface area contributed by atoms with Gasteiger partial charge in [-0.05, 0) is 24.5 Å². The zero-order valence-corrected chi connectivity index (χ0v) is 19.9. The first-order chi connectivity index (χ1) is 17.9. The summed E-state index contributed by atoms with van der Waals surface area (Å²) in [7, 11) is 0. The molecule has 0 saturated heterocycles. The third-order valence-electron chi connectivity index (χ3n) is 6.68. The monoisotopic (exact) mass is 542 g/mol. The van der Waals surface area contributed by atoms with E-state index in [-0.39, 0.29) is 56.8 Å². The molecule has 0 unspecified atom stereocenters. The van der Waals surface area contributed by atoms with E-state index in [0.717, 1.165) is 4.57 Å². The van der Waals surface area contributed by atoms with Crippen molar-refractivity contribution in [3.05, 3.63) is 71.1 Å². The van der Waals surface area contributed by atoms with Gasteiger partial charge in [0.25, 0.3) is 0 Å². The minimum Gasteiger partial charge on any atom is -0.369 e. The van der Waals surface area contributed by atoms with Crippen LogP contribution in [0.15, 0.2) is 36.4 Å². The van der Waals surface area contributed by atoms with Crippen molar-refractivity contribution in [1.82, 2.24) is 25.0 Å². The minimum atomic E-state index is -4.69. The zero-order valence-electron chi connectivity index (χ0n) is 19.9. The Morgan fingerprint density at radius 3 is 2.47 bits per heavy atom. The van der Waals surface area contributed by atoms with E-state index in [1.54, 1.807) is 24.3 Å². The average molecular weight is 542 g/mol. The van der Waals surface area contributed by atoms with Crippen molar-refractivity contribution >= 4 is 11.8 Å². The Morgan fingerprint density at radius 1 is 1.08 bits per heavy atom. The molecule has 1 aliphatic heterocycles. The van der Waals surface area contributed by atoms with Gasteiger partial charge in [-0.15, -0.1) is 10.2 Å². The number of hydrogen-bond donors (Lipinski definition) is 2. The number of amides is 2. The lowest BCUT2D eigenvalue weighted by molar-refractivity contribution is -0.148. The van der Waals surface area contributed by atoms with Crippen molar-refractivity contribution in [2.24, 2.45) is 11.1 Å². The van der Waals surface area contributed by atoms with Crippen molar-refractivity contribution in [3.63, 3.8) is 0 Å². The molecule has 2 atom stereocenters. The summed E-state index contributed by atoms with van der Waals surface area (Å²) in [4.78, 5) is 26.6. The molecule has 1 aromatic carbocycles. The lowest BCUT2D eigenvalue weighted by Crippen LogP contribution is -2.49. The van der Waals surface area contributed by atoms with Crippen LogP contribution < -0.4 is 11.1 Å². The van der Waals surface area contributed by atoms with Crippen molar-refractivity contribution in [1.29, 1.82) is 0 Å². The van der Waals surface area contributed by atoms with Crippen LogP contribution in [0.5, 0.6) is 0 Å². The maximum Gasteiger partial charge on any atom is 0.451 e. The summed E-state index contributed by atoms with van der Waals surface area (Å²) in [6.07, 6.45) is 1.77. The maximum absolute atomic E-state index is 14.4. The van der Waals surface area contributed by atoms with Gasteiger partial charge in [-0.3, -0.25) is 9.59 Å². The highest BCUT2D eigenvalue weighted by Crippen LogP contribution is 2.30. The van der Waals surface area contributed by atoms with Gasteiger partial charge in [-0.2, -0.15) is 13.2 Å². The van der Waals surface area contributed by atoms with Gasteiger partial charge >= 0.3 is 6.18 Å². The second kappa shape index (κ2) is 10.6. The molecule has 204 valence electrons. The van der Waals surface area contributed by atoms with Crippen molar-refractivity contribution < 1.29 is 35.9 Å². The van der Waals surface area contributed by atoms with Crippen LogP contribution >= 0.6 is 0 Å². The normalized spacial score (nSPS) is 19.9. The van der Waals surface area contributed by atoms with Gasteiger partial charge in [-0.1, -0.05) is 24.3 Å². The Morgan fingerprint density at radius 2 is 1.82 bits per heavy atom. The third-order valence-corrected chi connectivity index (χ3v) is 6.68. The Bertz CT molecular complexity index is 1290. The molecule has 0 spiro atoms. The fourth-order valence-electron chi connectivity index (χ4n) is 4.51. The maximum atomic E-state index is 14.4. The minimum absolute atomic E-state index is 0.0321. The molecule has 2 aliphatic rings. The molecule has 0 radical (unpaired) electrons. The number of nitrogens with zero attached hydrogens (tertiary/aromatic N) is 4. The molecule has 14 heteroatoms. The molecule has 8 nitrogen and oxygen atoms in total. The summed E-state index contributed by atoms with van der Waals surface area (Å²) in [6.45, 7) is -0.499. The Balaban J connectivity index is 1.52. The quantitative estimate of drug-likeness (QED) is 0.394. The summed E-state index contributed by atoms with van der Waals surface area (Å²) >= 11 is 0. The summed E-state index contributed by atoms with van der Waals surface area (Å²) in [5, 5.41) is 9.77. The van der Waals surface area contributed by atoms with E-state index in [1.807, 2.05) is 0 Å². The first-order valence-corrected chi connectivity index (χ1v) is 11.7. The van der Waals surface area contributed by atoms with Crippen LogP contribution in [0.3, 0.4) is 0 Å². The van der Waals surface area contributed by atoms with Gasteiger partial charge in [-0.25, -0.2) is 13.2 Å². The number of alkyl halides is 3. The Labute approximate surface area is 213 Å². The lowest BCUT2D eigenvalue weighted by Gasteiger charge is -2.32. The van der Waals surface area contributed by atoms with E-state index in [1.165, 1.54) is 4.90 Å². The van der Waals surface area contributed by atoms with Gasteiger partial charge < -0.3 is 20.5 Å². The molecule has 2 heterocycles. The molecule has 38 heavy (non-hydrogen) atoms. The highest BCUT2D eigenvalue weighted by Gasteiger charge is 2.40. The second-order valence-electron chi connectivity index (χ2n) is 9.26. The molecule has 0 bridgehead atoms. The molecule has 2 amide bonds. The summed E-state index contributed by atoms with van der Waals surface area (Å²) in [6, 6.07) is 0.237. The fraction of sp³-hybridized carbons (Fsp3) is 0.417. The first-order valence-electron chi connectivity index (χ1n) is 11.7. The number of hydrogen-bond acceptors (Lipinski definition) is 5. The molecule has 1 aliphatic carbocycles. The molecule has 4 rings (SSSR count). The molecule has 1 aromatic heterocycles. The number of primary amides is 1. The molecule has 0 saturated carbocycles. The predicted octanol–water partition coefficient (Wildman–Crippen LogP) is 2.64. The number of carbonyl (C=O) groups is 2. The van der Waals surface area contributed by atoms with Crippen molar-refractivity contribution in [2.75, 3.05) is 13.1 Å². The van der Waals surface area contributed by atoms with Gasteiger partial charge in [0.15, 0.2) is 17.5 Å². The fourth-order valence-corrected chi connectivity index (χ4v) is 4.51. The highest BCUT2D eigenvalue weighted by atomic mass is 19.4. The summed E-state index contributed by atoms with van der Waals surface area (Å²) in [5.74, 6) is -5.98. The van der Waals surface area contributed by atoms with Gasteiger partial charge in [0.1, 0.15) is 5.82 Å². The van der Waals surface area contributed by atoms with Crippen LogP contribution in [0.1, 0.15) is 30.1 Å². The van der Waals surface area contributed by atoms with Gasteiger partial charge in [0.2, 0.25) is 17.6 Å². The van der Waals surface area contributed by atoms with Crippen LogP contribution in [0.2, 0.25) is 0 Å². The number of allylic oxidation sites excluding steroid dienone is 3. The number of nitrogens with one attached hydrogen (secondary N) is 1. The highest BCUT2D eigenvalue weighted by molar-refractivity contribution is 5.84. The topological polar surface area (TPSA) is 106 Å². The van der Waals surface area contributed by atoms with Crippen LogP contribution in [-0.2, 0) is 35.3 Å². The lowest BCUT2D eigenvalue weighted by atomic mass is 9.80. The summed E-state index contributed by atoms with van der Waals surface area (Å²) in [5.41, 5.74) is 4.29. The SMILES string of the molecule is NC(=O)[C@@]1(CN[C@@H](CC(=O)N2CCn3c(nnc3C(F)(F)F)C2)Cc2cc(F)c(F)cc2F)C=CC=CC1. The third kappa shape index (κ3) is 5.74. The van der Waals surface area contributed by atoms with E-state index < -0.39 is 52.7 Å². The number of carbonyl (C=O) groups excluding carboxylic acids is 2. The van der Waals surface area contributed by atoms with Crippen molar-refractivity contribution in [2.45, 2.75) is 44.6 Å². The van der Waals surface area contributed by atoms with Crippen LogP contribution in [0, 0.1) is 22.9 Å². The van der Waals surface area contributed by atoms with Crippen LogP contribution in [0.25, 0.3) is 0 Å². The number of rotatable bonds is 8. The first kappa shape index (κ1) is 27.4. The summed E-state index contributed by atoms with van der Waals surface area (Å²) < 4.78 is 81.9. The second-order valence-corrected chi connectivity index (χ2v) is 9.26. The van der Waals surface area contributed by atoms with E-state index in [4.69, 9.17) is 5.73 Å². The Kier molecular flexibility index (Phi) is 7.63. The van der Waals surface area contributed by atoms with Crippen LogP contribution in [-0.4, -0.2) is 50.6 Å². The largest absolute Gasteiger partial charge is 0.451 e. The smallest absolute Gasteiger partial charge is 0.369 e. The van der Waals surface area contributed by atoms with Gasteiger partial charge in [0.05, 0.1) is 12.0 Å².